The Morgan fingerprint density at radius 1 is 0.959 bits per heavy atom. The van der Waals surface area contributed by atoms with E-state index in [9.17, 15) is 34.7 Å². The molecular weight excluding hydrogens is 964 g/mol. The van der Waals surface area contributed by atoms with Crippen molar-refractivity contribution in [1.29, 1.82) is 0 Å². The van der Waals surface area contributed by atoms with Gasteiger partial charge in [-0.25, -0.2) is 13.8 Å². The zero-order valence-corrected chi connectivity index (χ0v) is 45.6. The highest BCUT2D eigenvalue weighted by molar-refractivity contribution is 5.73. The molecule has 2 aromatic heterocycles. The van der Waals surface area contributed by atoms with Gasteiger partial charge in [0.15, 0.2) is 12.6 Å². The van der Waals surface area contributed by atoms with Gasteiger partial charge in [-0.2, -0.15) is 0 Å². The third-order valence-electron chi connectivity index (χ3n) is 16.0. The predicted molar refractivity (Wildman–Crippen MR) is 268 cm³/mol. The van der Waals surface area contributed by atoms with Gasteiger partial charge in [-0.15, -0.1) is 10.2 Å². The van der Waals surface area contributed by atoms with Gasteiger partial charge in [-0.1, -0.05) is 36.4 Å². The summed E-state index contributed by atoms with van der Waals surface area (Å²) in [6, 6.07) is 5.53. The number of cyclic esters (lactones) is 1. The maximum Gasteiger partial charge on any atom is 0.311 e. The summed E-state index contributed by atoms with van der Waals surface area (Å²) in [6.45, 7) is 15.6. The summed E-state index contributed by atoms with van der Waals surface area (Å²) < 4.78 is 61.7. The molecule has 5 N–H and O–H groups in total. The molecule has 0 bridgehead atoms. The highest BCUT2D eigenvalue weighted by Gasteiger charge is 2.51. The average Bonchev–Trinajstić information content (AvgIpc) is 4.08. The molecular formula is C52H85FN8O13. The molecule has 0 saturated carbocycles. The molecule has 0 radical (unpaired) electrons. The van der Waals surface area contributed by atoms with Gasteiger partial charge in [-0.05, 0) is 105 Å². The van der Waals surface area contributed by atoms with Gasteiger partial charge < -0.3 is 68.5 Å². The Balaban J connectivity index is 1.23. The van der Waals surface area contributed by atoms with Crippen LogP contribution in [-0.2, 0) is 44.4 Å². The first-order valence-electron chi connectivity index (χ1n) is 26.1. The molecule has 5 heterocycles. The average molecular weight is 1050 g/mol. The van der Waals surface area contributed by atoms with Crippen molar-refractivity contribution in [1.82, 2.24) is 39.8 Å². The Kier molecular flexibility index (Phi) is 20.3. The molecule has 0 unspecified atom stereocenters. The number of carbonyl (C=O) groups is 1. The van der Waals surface area contributed by atoms with Gasteiger partial charge in [0.2, 0.25) is 0 Å². The Morgan fingerprint density at radius 3 is 2.28 bits per heavy atom. The quantitative estimate of drug-likeness (QED) is 0.129. The van der Waals surface area contributed by atoms with Crippen LogP contribution in [0.5, 0.6) is 0 Å². The van der Waals surface area contributed by atoms with Gasteiger partial charge in [0.1, 0.15) is 48.8 Å². The number of esters is 1. The number of benzene rings is 1. The van der Waals surface area contributed by atoms with Gasteiger partial charge in [0.05, 0.1) is 65.3 Å². The van der Waals surface area contributed by atoms with Crippen LogP contribution >= 0.6 is 0 Å². The van der Waals surface area contributed by atoms with E-state index in [-0.39, 0.29) is 31.6 Å². The molecule has 19 atom stereocenters. The molecule has 22 heteroatoms. The number of carbonyl (C=O) groups excluding carboxylic acids is 1. The summed E-state index contributed by atoms with van der Waals surface area (Å²) in [6.07, 6.45) is -4.69. The Hall–Kier alpha value is -3.62. The minimum Gasteiger partial charge on any atom is -0.459 e. The van der Waals surface area contributed by atoms with Crippen LogP contribution < -0.4 is 0 Å². The second-order valence-electron chi connectivity index (χ2n) is 22.0. The molecule has 0 amide bonds. The summed E-state index contributed by atoms with van der Waals surface area (Å²) in [4.78, 5) is 18.3. The molecule has 6 rings (SSSR count). The fourth-order valence-electron chi connectivity index (χ4n) is 11.1. The van der Waals surface area contributed by atoms with E-state index in [0.29, 0.717) is 31.6 Å². The molecule has 1 aromatic carbocycles. The molecule has 0 aliphatic carbocycles. The topological polar surface area (TPSA) is 251 Å². The second-order valence-corrected chi connectivity index (χ2v) is 22.0. The van der Waals surface area contributed by atoms with Crippen LogP contribution in [0.3, 0.4) is 0 Å². The molecule has 3 aromatic rings. The van der Waals surface area contributed by atoms with Crippen molar-refractivity contribution in [2.45, 2.75) is 203 Å². The number of halogens is 1. The van der Waals surface area contributed by atoms with Gasteiger partial charge >= 0.3 is 5.97 Å². The van der Waals surface area contributed by atoms with E-state index >= 15 is 0 Å². The van der Waals surface area contributed by atoms with E-state index < -0.39 is 121 Å². The normalized spacial score (nSPS) is 38.2. The fourth-order valence-corrected chi connectivity index (χ4v) is 11.1. The van der Waals surface area contributed by atoms with Crippen molar-refractivity contribution in [3.8, 4) is 5.69 Å². The number of hydrogen-bond donors (Lipinski definition) is 5. The monoisotopic (exact) mass is 1050 g/mol. The molecule has 3 aliphatic heterocycles. The zero-order valence-electron chi connectivity index (χ0n) is 45.6. The molecule has 74 heavy (non-hydrogen) atoms. The second kappa shape index (κ2) is 25.2. The Bertz CT molecular complexity index is 2190. The van der Waals surface area contributed by atoms with Gasteiger partial charge in [0.25, 0.3) is 0 Å². The smallest absolute Gasteiger partial charge is 0.311 e. The lowest BCUT2D eigenvalue weighted by Crippen LogP contribution is -2.59. The first-order valence-corrected chi connectivity index (χ1v) is 26.1. The van der Waals surface area contributed by atoms with Crippen molar-refractivity contribution in [2.75, 3.05) is 48.1 Å². The predicted octanol–water partition coefficient (Wildman–Crippen LogP) is 3.34. The molecule has 3 fully saturated rings. The third kappa shape index (κ3) is 13.7. The Morgan fingerprint density at radius 2 is 1.66 bits per heavy atom. The van der Waals surface area contributed by atoms with Crippen LogP contribution in [0.4, 0.5) is 4.39 Å². The SMILES string of the molecule is CC[C@H]1OC(=O)[C@H](C)[C@@H](O[C@H]2C[C@@](C)(OC)[C@@H](O)[C@H](C)O2)C[C@@H](O[C@@H]2O[C@H](C)C[C@H](N(C)CCc3cn([C@H](CF)[C@H](OC)c4ccc(-n5ccnn5)cc4)nn3)[C@H]2O)[C@](C)(O)C[C@@H](C)CN(C)[C@H](C)[C@@H](O)[C@]1(C)O. The number of nitrogens with zero attached hydrogens (tertiary/aromatic N) is 8. The van der Waals surface area contributed by atoms with Crippen molar-refractivity contribution >= 4 is 5.97 Å². The number of hydrogen-bond acceptors (Lipinski definition) is 19. The molecule has 0 spiro atoms. The van der Waals surface area contributed by atoms with Crippen molar-refractivity contribution in [2.24, 2.45) is 11.8 Å². The first-order chi connectivity index (χ1) is 34.9. The summed E-state index contributed by atoms with van der Waals surface area (Å²) in [5.74, 6) is -2.00. The van der Waals surface area contributed by atoms with Crippen LogP contribution in [-0.4, -0.2) is 210 Å². The number of rotatable bonds is 16. The number of likely N-dealkylation sites (N-methyl/N-ethyl adjacent to an activating group) is 2. The summed E-state index contributed by atoms with van der Waals surface area (Å²) in [5.41, 5.74) is -2.41. The standard InChI is InChI=1S/C52H85FN8O13/c1-14-41-52(9,67)46(63)33(5)59(11)28-30(2)25-50(7,66)42(24-40(32(4)48(65)73-41)72-43-26-51(8,69-13)47(64)34(6)71-43)74-49-44(62)38(23-31(3)70-49)58(10)21-19-36-29-61(57-55-36)39(27-53)45(68-12)35-15-17-37(18-16-35)60-22-20-54-56-60/h15-18,20,22,29-34,38-47,49,62-64,66-67H,14,19,21,23-28H2,1-13H3/t30-,31-,32-,33-,34+,38+,39-,40+,41-,42-,43+,44-,45-,46-,47+,49+,50-,51-,52-/m1/s1. The lowest BCUT2D eigenvalue weighted by atomic mass is 9.83. The van der Waals surface area contributed by atoms with Gasteiger partial charge in [-0.3, -0.25) is 4.79 Å². The fraction of sp³-hybridized carbons (Fsp3) is 0.788. The van der Waals surface area contributed by atoms with E-state index in [1.54, 1.807) is 64.8 Å². The number of methoxy groups -OCH3 is 2. The number of alkyl halides is 1. The third-order valence-corrected chi connectivity index (χ3v) is 16.0. The largest absolute Gasteiger partial charge is 0.459 e. The maximum absolute atomic E-state index is 14.8. The minimum absolute atomic E-state index is 0.0893. The van der Waals surface area contributed by atoms with Crippen LogP contribution in [0.25, 0.3) is 5.69 Å². The number of ether oxygens (including phenoxy) is 7. The molecule has 3 saturated heterocycles. The van der Waals surface area contributed by atoms with E-state index in [1.165, 1.54) is 25.8 Å². The van der Waals surface area contributed by atoms with Gasteiger partial charge in [0, 0.05) is 64.9 Å². The van der Waals surface area contributed by atoms with E-state index in [1.807, 2.05) is 62.0 Å². The van der Waals surface area contributed by atoms with Crippen molar-refractivity contribution < 1.29 is 67.9 Å². The van der Waals surface area contributed by atoms with Crippen molar-refractivity contribution in [3.63, 3.8) is 0 Å². The summed E-state index contributed by atoms with van der Waals surface area (Å²) in [5, 5.41) is 76.0. The van der Waals surface area contributed by atoms with Crippen LogP contribution in [0.2, 0.25) is 0 Å². The lowest BCUT2D eigenvalue weighted by molar-refractivity contribution is -0.308. The van der Waals surface area contributed by atoms with E-state index in [2.05, 4.69) is 20.6 Å². The first kappa shape index (κ1) is 59.6. The highest BCUT2D eigenvalue weighted by Crippen LogP contribution is 2.39. The lowest BCUT2D eigenvalue weighted by Gasteiger charge is -2.47. The van der Waals surface area contributed by atoms with E-state index in [0.717, 1.165) is 11.3 Å². The minimum atomic E-state index is -1.85. The molecule has 21 nitrogen and oxygen atoms in total. The van der Waals surface area contributed by atoms with Crippen LogP contribution in [0.1, 0.15) is 118 Å². The van der Waals surface area contributed by atoms with Crippen LogP contribution in [0, 0.1) is 11.8 Å². The molecule has 3 aliphatic rings. The molecule has 418 valence electrons. The van der Waals surface area contributed by atoms with Crippen LogP contribution in [0.15, 0.2) is 42.9 Å². The van der Waals surface area contributed by atoms with Crippen molar-refractivity contribution in [3.05, 3.63) is 54.1 Å². The number of aliphatic hydroxyl groups is 5. The highest BCUT2D eigenvalue weighted by atomic mass is 19.1. The summed E-state index contributed by atoms with van der Waals surface area (Å²) >= 11 is 0. The number of aliphatic hydroxyl groups excluding tert-OH is 3. The van der Waals surface area contributed by atoms with E-state index in [4.69, 9.17) is 33.2 Å². The Labute approximate surface area is 435 Å². The maximum atomic E-state index is 14.8. The zero-order chi connectivity index (χ0) is 54.4. The summed E-state index contributed by atoms with van der Waals surface area (Å²) in [7, 11) is 6.72. The number of aromatic nitrogens is 6.